The number of ether oxygens (including phenoxy) is 3. The van der Waals surface area contributed by atoms with Crippen LogP contribution in [0.5, 0.6) is 0 Å². The van der Waals surface area contributed by atoms with Crippen LogP contribution >= 0.6 is 0 Å². The van der Waals surface area contributed by atoms with Crippen LogP contribution in [0.25, 0.3) is 0 Å². The molecule has 2 rings (SSSR count). The molecule has 0 aromatic rings. The Morgan fingerprint density at radius 1 is 1.05 bits per heavy atom. The minimum Gasteiger partial charge on any atom is -0.417 e. The Balaban J connectivity index is 2.29. The second kappa shape index (κ2) is 12.3. The molecule has 0 aromatic heterocycles. The maximum Gasteiger partial charge on any atom is 0.192 e. The van der Waals surface area contributed by atoms with Crippen molar-refractivity contribution in [2.75, 3.05) is 13.2 Å². The van der Waals surface area contributed by atoms with Crippen molar-refractivity contribution in [2.24, 2.45) is 5.92 Å². The van der Waals surface area contributed by atoms with E-state index in [-0.39, 0.29) is 40.6 Å². The molecule has 222 valence electrons. The summed E-state index contributed by atoms with van der Waals surface area (Å²) >= 11 is 0. The summed E-state index contributed by atoms with van der Waals surface area (Å²) in [6.07, 6.45) is 3.93. The highest BCUT2D eigenvalue weighted by Crippen LogP contribution is 2.47. The van der Waals surface area contributed by atoms with Gasteiger partial charge in [0, 0.05) is 19.4 Å². The van der Waals surface area contributed by atoms with Crippen molar-refractivity contribution in [1.29, 1.82) is 0 Å². The second-order valence-corrected chi connectivity index (χ2v) is 24.9. The zero-order valence-electron chi connectivity index (χ0n) is 27.0. The van der Waals surface area contributed by atoms with E-state index in [0.717, 1.165) is 31.4 Å². The van der Waals surface area contributed by atoms with Crippen molar-refractivity contribution >= 4 is 16.6 Å². The van der Waals surface area contributed by atoms with Gasteiger partial charge in [0.1, 0.15) is 6.10 Å². The Labute approximate surface area is 237 Å². The Morgan fingerprint density at radius 2 is 1.63 bits per heavy atom. The quantitative estimate of drug-likeness (QED) is 0.185. The fraction of sp³-hybridized carbons (Fsp3) is 0.871. The molecule has 2 aliphatic rings. The summed E-state index contributed by atoms with van der Waals surface area (Å²) in [4.78, 5) is 0. The van der Waals surface area contributed by atoms with E-state index < -0.39 is 22.2 Å². The molecule has 2 heterocycles. The normalized spacial score (nSPS) is 32.0. The molecule has 0 aromatic carbocycles. The molecule has 0 unspecified atom stereocenters. The van der Waals surface area contributed by atoms with Crippen molar-refractivity contribution < 1.29 is 23.1 Å². The second-order valence-electron chi connectivity index (χ2n) is 15.3. The predicted molar refractivity (Wildman–Crippen MR) is 165 cm³/mol. The van der Waals surface area contributed by atoms with Crippen LogP contribution in [0.15, 0.2) is 24.8 Å². The van der Waals surface area contributed by atoms with Crippen molar-refractivity contribution in [3.05, 3.63) is 24.8 Å². The highest BCUT2D eigenvalue weighted by molar-refractivity contribution is 6.74. The van der Waals surface area contributed by atoms with E-state index in [1.807, 2.05) is 6.92 Å². The minimum atomic E-state index is -2.03. The molecule has 0 spiro atoms. The first-order chi connectivity index (χ1) is 17.1. The van der Waals surface area contributed by atoms with Crippen LogP contribution in [0.2, 0.25) is 36.3 Å². The van der Waals surface area contributed by atoms with Crippen LogP contribution in [0.1, 0.15) is 81.6 Å². The van der Waals surface area contributed by atoms with E-state index in [0.29, 0.717) is 12.5 Å². The van der Waals surface area contributed by atoms with Gasteiger partial charge in [0.15, 0.2) is 16.6 Å². The van der Waals surface area contributed by atoms with Crippen LogP contribution in [0, 0.1) is 5.92 Å². The molecule has 0 N–H and O–H groups in total. The van der Waals surface area contributed by atoms with E-state index >= 15 is 0 Å². The average molecular weight is 569 g/mol. The lowest BCUT2D eigenvalue weighted by atomic mass is 9.78. The number of rotatable bonds is 11. The van der Waals surface area contributed by atoms with Crippen LogP contribution in [0.3, 0.4) is 0 Å². The maximum atomic E-state index is 7.09. The summed E-state index contributed by atoms with van der Waals surface area (Å²) in [5, 5.41) is 0.313. The molecular formula is C31H60O5Si2. The van der Waals surface area contributed by atoms with Gasteiger partial charge >= 0.3 is 0 Å². The van der Waals surface area contributed by atoms with Gasteiger partial charge < -0.3 is 23.1 Å². The van der Waals surface area contributed by atoms with E-state index in [1.54, 1.807) is 6.08 Å². The number of fused-ring (bicyclic) bond motifs is 1. The number of hydrogen-bond acceptors (Lipinski definition) is 5. The van der Waals surface area contributed by atoms with Crippen molar-refractivity contribution in [3.8, 4) is 0 Å². The number of hydrogen-bond donors (Lipinski definition) is 0. The minimum absolute atomic E-state index is 0.00903. The van der Waals surface area contributed by atoms with Crippen LogP contribution in [-0.2, 0) is 23.1 Å². The third kappa shape index (κ3) is 8.14. The molecule has 5 nitrogen and oxygen atoms in total. The SMILES string of the molecule is C=CCO[C@H]1C[C@H]2O[C@@H](C[C@@H](C)CO[Si](C)(C)C(C)(C)C)[C@H](O[Si](C)(C)C(C)(C)C)C[C@]2(C)O[C@@H]1C(=C)C. The monoisotopic (exact) mass is 568 g/mol. The smallest absolute Gasteiger partial charge is 0.192 e. The van der Waals surface area contributed by atoms with Gasteiger partial charge in [0.05, 0.1) is 36.6 Å². The zero-order valence-corrected chi connectivity index (χ0v) is 29.0. The van der Waals surface area contributed by atoms with Crippen molar-refractivity contribution in [2.45, 2.75) is 154 Å². The fourth-order valence-corrected chi connectivity index (χ4v) is 7.39. The Bertz CT molecular complexity index is 812. The van der Waals surface area contributed by atoms with Gasteiger partial charge in [-0.05, 0) is 68.0 Å². The summed E-state index contributed by atoms with van der Waals surface area (Å²) in [6, 6.07) is 0. The maximum absolute atomic E-state index is 7.09. The fourth-order valence-electron chi connectivity index (χ4n) is 4.91. The standard InChI is InChI=1S/C31H60O5Si2/c1-16-17-32-25-19-27-31(11,35-28(25)22(2)3)20-26(36-38(14,15)30(8,9)10)24(34-27)18-23(4)21-33-37(12,13)29(5,6)7/h16,23-28H,1-2,17-21H2,3-15H3/t23-,24+,25+,26-,27-,28-,31+/m1/s1. The third-order valence-corrected chi connectivity index (χ3v) is 18.6. The topological polar surface area (TPSA) is 46.2 Å². The molecule has 2 saturated heterocycles. The molecule has 2 fully saturated rings. The Kier molecular flexibility index (Phi) is 11.0. The molecule has 0 radical (unpaired) electrons. The van der Waals surface area contributed by atoms with E-state index in [1.165, 1.54) is 0 Å². The van der Waals surface area contributed by atoms with Gasteiger partial charge in [-0.2, -0.15) is 0 Å². The van der Waals surface area contributed by atoms with E-state index in [9.17, 15) is 0 Å². The summed E-state index contributed by atoms with van der Waals surface area (Å²) in [5.41, 5.74) is 0.529. The lowest BCUT2D eigenvalue weighted by Gasteiger charge is -2.55. The highest BCUT2D eigenvalue weighted by atomic mass is 28.4. The predicted octanol–water partition coefficient (Wildman–Crippen LogP) is 8.28. The molecular weight excluding hydrogens is 509 g/mol. The van der Waals surface area contributed by atoms with Crippen LogP contribution < -0.4 is 0 Å². The van der Waals surface area contributed by atoms with Gasteiger partial charge in [0.25, 0.3) is 0 Å². The largest absolute Gasteiger partial charge is 0.417 e. The highest BCUT2D eigenvalue weighted by Gasteiger charge is 2.55. The molecule has 0 bridgehead atoms. The third-order valence-electron chi connectivity index (χ3n) is 9.56. The molecule has 7 heteroatoms. The molecule has 2 aliphatic heterocycles. The van der Waals surface area contributed by atoms with Gasteiger partial charge in [-0.1, -0.05) is 61.1 Å². The van der Waals surface area contributed by atoms with Gasteiger partial charge in [-0.15, -0.1) is 6.58 Å². The summed E-state index contributed by atoms with van der Waals surface area (Å²) < 4.78 is 33.6. The van der Waals surface area contributed by atoms with Gasteiger partial charge in [-0.25, -0.2) is 0 Å². The van der Waals surface area contributed by atoms with E-state index in [2.05, 4.69) is 94.7 Å². The first-order valence-corrected chi connectivity index (χ1v) is 20.5. The summed E-state index contributed by atoms with van der Waals surface area (Å²) in [7, 11) is -3.84. The Morgan fingerprint density at radius 3 is 2.13 bits per heavy atom. The summed E-state index contributed by atoms with van der Waals surface area (Å²) in [6.45, 7) is 38.9. The molecule has 0 amide bonds. The molecule has 0 saturated carbocycles. The van der Waals surface area contributed by atoms with E-state index in [4.69, 9.17) is 23.1 Å². The first-order valence-electron chi connectivity index (χ1n) is 14.7. The van der Waals surface area contributed by atoms with Crippen molar-refractivity contribution in [1.82, 2.24) is 0 Å². The molecule has 38 heavy (non-hydrogen) atoms. The first kappa shape index (κ1) is 33.9. The Hall–Kier alpha value is -0.286. The zero-order chi connectivity index (χ0) is 29.3. The van der Waals surface area contributed by atoms with Crippen LogP contribution in [-0.4, -0.2) is 66.0 Å². The van der Waals surface area contributed by atoms with Gasteiger partial charge in [0.2, 0.25) is 0 Å². The molecule has 7 atom stereocenters. The lowest BCUT2D eigenvalue weighted by Crippen LogP contribution is -2.64. The summed E-state index contributed by atoms with van der Waals surface area (Å²) in [5.74, 6) is 0.365. The molecule has 0 aliphatic carbocycles. The van der Waals surface area contributed by atoms with Gasteiger partial charge in [-0.3, -0.25) is 0 Å². The van der Waals surface area contributed by atoms with Crippen molar-refractivity contribution in [3.63, 3.8) is 0 Å². The average Bonchev–Trinajstić information content (AvgIpc) is 2.74. The van der Waals surface area contributed by atoms with Crippen LogP contribution in [0.4, 0.5) is 0 Å². The lowest BCUT2D eigenvalue weighted by molar-refractivity contribution is -0.283.